The summed E-state index contributed by atoms with van der Waals surface area (Å²) in [6, 6.07) is 16.1. The number of hydrogen-bond donors (Lipinski definition) is 2. The first-order valence-electron chi connectivity index (χ1n) is 11.4. The molecule has 0 aliphatic carbocycles. The predicted molar refractivity (Wildman–Crippen MR) is 149 cm³/mol. The second-order valence-electron chi connectivity index (χ2n) is 7.98. The summed E-state index contributed by atoms with van der Waals surface area (Å²) in [5.41, 5.74) is 3.51. The van der Waals surface area contributed by atoms with Gasteiger partial charge in [-0.05, 0) is 109 Å². The predicted octanol–water partition coefficient (Wildman–Crippen LogP) is 6.01. The number of carbonyl (C=O) groups excluding carboxylic acids is 2. The summed E-state index contributed by atoms with van der Waals surface area (Å²) in [7, 11) is 0. The van der Waals surface area contributed by atoms with Crippen LogP contribution in [0.5, 0.6) is 11.5 Å². The number of benzene rings is 3. The Kier molecular flexibility index (Phi) is 9.63. The number of hydrogen-bond acceptors (Lipinski definition) is 5. The summed E-state index contributed by atoms with van der Waals surface area (Å²) in [6.45, 7) is 5.82. The zero-order chi connectivity index (χ0) is 26.9. The van der Waals surface area contributed by atoms with Crippen LogP contribution in [0, 0.1) is 34.6 Å². The largest absolute Gasteiger partial charge is 0.490 e. The third kappa shape index (κ3) is 7.54. The molecule has 0 spiro atoms. The van der Waals surface area contributed by atoms with Crippen LogP contribution < -0.4 is 20.1 Å². The number of ether oxygens (including phenoxy) is 2. The lowest BCUT2D eigenvalue weighted by Crippen LogP contribution is -2.21. The number of rotatable bonds is 9. The van der Waals surface area contributed by atoms with Gasteiger partial charge in [-0.3, -0.25) is 9.59 Å². The van der Waals surface area contributed by atoms with Crippen LogP contribution in [0.25, 0.3) is 6.08 Å². The number of nitriles is 1. The number of aryl methyl sites for hydroxylation is 1. The summed E-state index contributed by atoms with van der Waals surface area (Å²) >= 11 is 2.04. The van der Waals surface area contributed by atoms with E-state index in [1.165, 1.54) is 30.3 Å². The van der Waals surface area contributed by atoms with Crippen LogP contribution in [0.3, 0.4) is 0 Å². The summed E-state index contributed by atoms with van der Waals surface area (Å²) in [4.78, 5) is 25.1. The minimum Gasteiger partial charge on any atom is -0.490 e. The normalized spacial score (nSPS) is 10.9. The van der Waals surface area contributed by atoms with Crippen LogP contribution >= 0.6 is 22.6 Å². The van der Waals surface area contributed by atoms with Crippen molar-refractivity contribution in [3.8, 4) is 17.6 Å². The zero-order valence-electron chi connectivity index (χ0n) is 20.5. The molecule has 3 aromatic rings. The van der Waals surface area contributed by atoms with Gasteiger partial charge in [-0.2, -0.15) is 5.26 Å². The van der Waals surface area contributed by atoms with E-state index in [4.69, 9.17) is 9.47 Å². The van der Waals surface area contributed by atoms with Gasteiger partial charge >= 0.3 is 0 Å². The minimum absolute atomic E-state index is 0.149. The molecule has 0 saturated heterocycles. The first-order valence-corrected chi connectivity index (χ1v) is 12.4. The molecular weight excluding hydrogens is 588 g/mol. The van der Waals surface area contributed by atoms with E-state index < -0.39 is 11.7 Å². The van der Waals surface area contributed by atoms with Gasteiger partial charge in [-0.25, -0.2) is 4.39 Å². The molecule has 3 rings (SSSR count). The smallest absolute Gasteiger partial charge is 0.266 e. The lowest BCUT2D eigenvalue weighted by molar-refractivity contribution is -0.118. The Bertz CT molecular complexity index is 1380. The van der Waals surface area contributed by atoms with Crippen molar-refractivity contribution in [3.63, 3.8) is 0 Å². The fourth-order valence-corrected chi connectivity index (χ4v) is 4.11. The van der Waals surface area contributed by atoms with Gasteiger partial charge in [0.15, 0.2) is 18.1 Å². The van der Waals surface area contributed by atoms with Crippen molar-refractivity contribution >= 4 is 51.9 Å². The first kappa shape index (κ1) is 27.7. The first-order chi connectivity index (χ1) is 17.7. The SMILES string of the molecule is CCOc1cc(/C=C(\C#N)C(=O)Nc2ccc(F)cc2)cc(I)c1OCC(=O)Nc1cccc(C)c1C. The summed E-state index contributed by atoms with van der Waals surface area (Å²) in [6.07, 6.45) is 1.42. The maximum Gasteiger partial charge on any atom is 0.266 e. The fourth-order valence-electron chi connectivity index (χ4n) is 3.33. The monoisotopic (exact) mass is 613 g/mol. The van der Waals surface area contributed by atoms with Gasteiger partial charge in [0.1, 0.15) is 17.5 Å². The highest BCUT2D eigenvalue weighted by Gasteiger charge is 2.16. The molecule has 7 nitrogen and oxygen atoms in total. The molecule has 0 atom stereocenters. The van der Waals surface area contributed by atoms with Crippen LogP contribution in [-0.2, 0) is 9.59 Å². The molecule has 0 heterocycles. The Morgan fingerprint density at radius 2 is 1.81 bits per heavy atom. The van der Waals surface area contributed by atoms with Crippen LogP contribution in [0.4, 0.5) is 15.8 Å². The van der Waals surface area contributed by atoms with Gasteiger partial charge < -0.3 is 20.1 Å². The topological polar surface area (TPSA) is 100 Å². The second kappa shape index (κ2) is 12.9. The Balaban J connectivity index is 1.77. The highest BCUT2D eigenvalue weighted by atomic mass is 127. The van der Waals surface area contributed by atoms with Crippen LogP contribution in [0.2, 0.25) is 0 Å². The van der Waals surface area contributed by atoms with E-state index in [9.17, 15) is 19.2 Å². The lowest BCUT2D eigenvalue weighted by Gasteiger charge is -2.15. The van der Waals surface area contributed by atoms with Gasteiger partial charge in [-0.15, -0.1) is 0 Å². The highest BCUT2D eigenvalue weighted by molar-refractivity contribution is 14.1. The number of amides is 2. The van der Waals surface area contributed by atoms with E-state index in [1.807, 2.05) is 67.6 Å². The standard InChI is InChI=1S/C28H25FIN3O4/c1-4-36-25-14-19(12-20(15-31)28(35)32-22-10-8-21(29)9-11-22)13-23(30)27(25)37-16-26(34)33-24-7-5-6-17(2)18(24)3/h5-14H,4,16H2,1-3H3,(H,32,35)(H,33,34)/b20-12+. The maximum absolute atomic E-state index is 13.1. The van der Waals surface area contributed by atoms with Gasteiger partial charge in [0.25, 0.3) is 11.8 Å². The third-order valence-corrected chi connectivity index (χ3v) is 6.14. The minimum atomic E-state index is -0.634. The fraction of sp³-hybridized carbons (Fsp3) is 0.179. The van der Waals surface area contributed by atoms with Gasteiger partial charge in [0, 0.05) is 11.4 Å². The van der Waals surface area contributed by atoms with Crippen molar-refractivity contribution < 1.29 is 23.5 Å². The average Bonchev–Trinajstić information content (AvgIpc) is 2.86. The van der Waals surface area contributed by atoms with Crippen LogP contribution in [0.1, 0.15) is 23.6 Å². The molecule has 0 radical (unpaired) electrons. The molecule has 0 aromatic heterocycles. The van der Waals surface area contributed by atoms with Gasteiger partial charge in [-0.1, -0.05) is 12.1 Å². The molecule has 0 aliphatic rings. The van der Waals surface area contributed by atoms with E-state index in [-0.39, 0.29) is 18.1 Å². The molecule has 37 heavy (non-hydrogen) atoms. The maximum atomic E-state index is 13.1. The molecule has 0 unspecified atom stereocenters. The van der Waals surface area contributed by atoms with E-state index in [1.54, 1.807) is 12.1 Å². The van der Waals surface area contributed by atoms with Crippen LogP contribution in [0.15, 0.2) is 60.2 Å². The molecule has 2 amide bonds. The van der Waals surface area contributed by atoms with Gasteiger partial charge in [0.2, 0.25) is 0 Å². The quantitative estimate of drug-likeness (QED) is 0.175. The summed E-state index contributed by atoms with van der Waals surface area (Å²) in [5, 5.41) is 15.0. The highest BCUT2D eigenvalue weighted by Crippen LogP contribution is 2.35. The Labute approximate surface area is 228 Å². The van der Waals surface area contributed by atoms with E-state index in [0.717, 1.165) is 16.8 Å². The molecule has 0 bridgehead atoms. The van der Waals surface area contributed by atoms with E-state index in [2.05, 4.69) is 10.6 Å². The number of carbonyl (C=O) groups is 2. The molecular formula is C28H25FIN3O4. The molecule has 9 heteroatoms. The van der Waals surface area contributed by atoms with Crippen molar-refractivity contribution in [2.24, 2.45) is 0 Å². The number of nitrogens with zero attached hydrogens (tertiary/aromatic N) is 1. The molecule has 2 N–H and O–H groups in total. The molecule has 0 saturated carbocycles. The van der Waals surface area contributed by atoms with E-state index >= 15 is 0 Å². The Morgan fingerprint density at radius 1 is 1.08 bits per heavy atom. The summed E-state index contributed by atoms with van der Waals surface area (Å²) in [5.74, 6) is -0.635. The zero-order valence-corrected chi connectivity index (χ0v) is 22.7. The number of nitrogens with one attached hydrogen (secondary N) is 2. The Hall–Kier alpha value is -3.91. The third-order valence-electron chi connectivity index (χ3n) is 5.34. The molecule has 190 valence electrons. The lowest BCUT2D eigenvalue weighted by atomic mass is 10.1. The molecule has 0 aliphatic heterocycles. The van der Waals surface area contributed by atoms with E-state index in [0.29, 0.717) is 32.9 Å². The number of halogens is 2. The molecule has 0 fully saturated rings. The Morgan fingerprint density at radius 3 is 2.49 bits per heavy atom. The average molecular weight is 613 g/mol. The van der Waals surface area contributed by atoms with Crippen molar-refractivity contribution in [1.29, 1.82) is 5.26 Å². The summed E-state index contributed by atoms with van der Waals surface area (Å²) < 4.78 is 25.3. The van der Waals surface area contributed by atoms with Crippen molar-refractivity contribution in [2.45, 2.75) is 20.8 Å². The van der Waals surface area contributed by atoms with Gasteiger partial charge in [0.05, 0.1) is 10.2 Å². The number of anilines is 2. The van der Waals surface area contributed by atoms with Crippen LogP contribution in [-0.4, -0.2) is 25.0 Å². The second-order valence-corrected chi connectivity index (χ2v) is 9.14. The van der Waals surface area contributed by atoms with Crippen molar-refractivity contribution in [3.05, 3.63) is 86.2 Å². The van der Waals surface area contributed by atoms with Crippen molar-refractivity contribution in [1.82, 2.24) is 0 Å². The molecule has 3 aromatic carbocycles. The van der Waals surface area contributed by atoms with Crippen molar-refractivity contribution in [2.75, 3.05) is 23.8 Å².